The molecule has 4 aliphatic rings. The predicted molar refractivity (Wildman–Crippen MR) is 86.2 cm³/mol. The molecule has 0 radical (unpaired) electrons. The van der Waals surface area contributed by atoms with Crippen molar-refractivity contribution >= 4 is 5.97 Å². The Morgan fingerprint density at radius 3 is 2.59 bits per heavy atom. The minimum Gasteiger partial charge on any atom is -0.449 e. The van der Waals surface area contributed by atoms with Crippen molar-refractivity contribution in [2.45, 2.75) is 83.8 Å². The summed E-state index contributed by atoms with van der Waals surface area (Å²) in [4.78, 5) is 14.6. The summed E-state index contributed by atoms with van der Waals surface area (Å²) < 4.78 is 5.88. The molecule has 3 fully saturated rings. The summed E-state index contributed by atoms with van der Waals surface area (Å²) in [6, 6.07) is 0.591. The summed E-state index contributed by atoms with van der Waals surface area (Å²) in [5.41, 5.74) is 1.75. The third kappa shape index (κ3) is 2.19. The Kier molecular flexibility index (Phi) is 3.00. The van der Waals surface area contributed by atoms with Crippen LogP contribution >= 0.6 is 0 Å². The van der Waals surface area contributed by atoms with Gasteiger partial charge in [-0.15, -0.1) is 0 Å². The molecule has 0 N–H and O–H groups in total. The van der Waals surface area contributed by atoms with Gasteiger partial charge in [0.05, 0.1) is 5.70 Å². The second kappa shape index (κ2) is 4.52. The van der Waals surface area contributed by atoms with Crippen LogP contribution in [0, 0.1) is 10.8 Å². The standard InChI is InChI=1S/C19H29NO2/c1-17(2)10-14-11-18(3,12-17)13-20(14)15-9-16(21)22-19(15)7-5-4-6-8-19/h9,14H,4-8,10-13H2,1-3H3/t14-,18-/m0/s1. The van der Waals surface area contributed by atoms with E-state index in [2.05, 4.69) is 25.7 Å². The maximum Gasteiger partial charge on any atom is 0.333 e. The van der Waals surface area contributed by atoms with Crippen molar-refractivity contribution in [1.29, 1.82) is 0 Å². The fraction of sp³-hybridized carbons (Fsp3) is 0.842. The zero-order valence-corrected chi connectivity index (χ0v) is 14.3. The first-order chi connectivity index (χ1) is 10.3. The Bertz CT molecular complexity index is 530. The number of likely N-dealkylation sites (tertiary alicyclic amines) is 1. The third-order valence-electron chi connectivity index (χ3n) is 6.40. The molecule has 2 atom stereocenters. The van der Waals surface area contributed by atoms with Gasteiger partial charge in [0.25, 0.3) is 0 Å². The van der Waals surface area contributed by atoms with Gasteiger partial charge in [-0.1, -0.05) is 27.2 Å². The number of nitrogens with zero attached hydrogens (tertiary/aromatic N) is 1. The minimum atomic E-state index is -0.284. The van der Waals surface area contributed by atoms with Crippen LogP contribution in [0.4, 0.5) is 0 Å². The van der Waals surface area contributed by atoms with Crippen molar-refractivity contribution in [2.24, 2.45) is 10.8 Å². The highest BCUT2D eigenvalue weighted by Gasteiger charge is 2.55. The molecule has 0 aromatic rings. The van der Waals surface area contributed by atoms with Gasteiger partial charge in [-0.3, -0.25) is 0 Å². The SMILES string of the molecule is CC1(C)C[C@H]2C[C@](C)(CN2C2=CC(=O)OC23CCCCC3)C1. The van der Waals surface area contributed by atoms with Gasteiger partial charge in [0.2, 0.25) is 0 Å². The van der Waals surface area contributed by atoms with Crippen LogP contribution < -0.4 is 0 Å². The molecule has 0 aromatic carbocycles. The molecule has 4 rings (SSSR count). The van der Waals surface area contributed by atoms with Crippen LogP contribution in [0.5, 0.6) is 0 Å². The highest BCUT2D eigenvalue weighted by atomic mass is 16.6. The molecule has 0 amide bonds. The van der Waals surface area contributed by atoms with Crippen molar-refractivity contribution in [3.63, 3.8) is 0 Å². The van der Waals surface area contributed by atoms with Gasteiger partial charge in [-0.05, 0) is 55.8 Å². The van der Waals surface area contributed by atoms with Gasteiger partial charge in [0.15, 0.2) is 5.60 Å². The summed E-state index contributed by atoms with van der Waals surface area (Å²) in [5.74, 6) is -0.109. The Hall–Kier alpha value is -0.990. The highest BCUT2D eigenvalue weighted by molar-refractivity contribution is 5.86. The van der Waals surface area contributed by atoms with Crippen LogP contribution in [0.1, 0.15) is 72.1 Å². The normalized spacial score (nSPS) is 39.0. The maximum atomic E-state index is 12.1. The fourth-order valence-electron chi connectivity index (χ4n) is 6.08. The molecular weight excluding hydrogens is 274 g/mol. The van der Waals surface area contributed by atoms with E-state index in [1.165, 1.54) is 44.2 Å². The number of ether oxygens (including phenoxy) is 1. The quantitative estimate of drug-likeness (QED) is 0.685. The Labute approximate surface area is 134 Å². The van der Waals surface area contributed by atoms with Gasteiger partial charge in [-0.25, -0.2) is 4.79 Å². The van der Waals surface area contributed by atoms with Gasteiger partial charge >= 0.3 is 5.97 Å². The molecule has 2 heterocycles. The molecule has 0 unspecified atom stereocenters. The molecule has 0 aromatic heterocycles. The summed E-state index contributed by atoms with van der Waals surface area (Å²) >= 11 is 0. The number of hydrogen-bond acceptors (Lipinski definition) is 3. The van der Waals surface area contributed by atoms with Crippen LogP contribution in [0.2, 0.25) is 0 Å². The zero-order chi connectivity index (χ0) is 15.6. The van der Waals surface area contributed by atoms with Gasteiger partial charge in [0, 0.05) is 18.7 Å². The van der Waals surface area contributed by atoms with E-state index in [0.717, 1.165) is 19.4 Å². The van der Waals surface area contributed by atoms with Gasteiger partial charge in [-0.2, -0.15) is 0 Å². The first-order valence-corrected chi connectivity index (χ1v) is 9.03. The third-order valence-corrected chi connectivity index (χ3v) is 6.40. The molecule has 1 saturated heterocycles. The second-order valence-electron chi connectivity index (χ2n) is 9.35. The van der Waals surface area contributed by atoms with E-state index in [1.807, 2.05) is 6.08 Å². The monoisotopic (exact) mass is 303 g/mol. The molecule has 3 heteroatoms. The van der Waals surface area contributed by atoms with Crippen molar-refractivity contribution in [3.8, 4) is 0 Å². The molecule has 2 aliphatic carbocycles. The van der Waals surface area contributed by atoms with E-state index in [9.17, 15) is 4.79 Å². The van der Waals surface area contributed by atoms with Crippen molar-refractivity contribution in [3.05, 3.63) is 11.8 Å². The minimum absolute atomic E-state index is 0.109. The summed E-state index contributed by atoms with van der Waals surface area (Å²) in [6.45, 7) is 8.35. The van der Waals surface area contributed by atoms with Crippen LogP contribution in [0.3, 0.4) is 0 Å². The number of fused-ring (bicyclic) bond motifs is 2. The highest BCUT2D eigenvalue weighted by Crippen LogP contribution is 2.56. The van der Waals surface area contributed by atoms with Crippen LogP contribution in [-0.4, -0.2) is 29.1 Å². The van der Waals surface area contributed by atoms with E-state index in [4.69, 9.17) is 4.74 Å². The van der Waals surface area contributed by atoms with Crippen molar-refractivity contribution in [2.75, 3.05) is 6.54 Å². The first-order valence-electron chi connectivity index (χ1n) is 9.03. The Morgan fingerprint density at radius 2 is 1.86 bits per heavy atom. The molecule has 1 spiro atoms. The lowest BCUT2D eigenvalue weighted by molar-refractivity contribution is -0.149. The molecule has 22 heavy (non-hydrogen) atoms. The second-order valence-corrected chi connectivity index (χ2v) is 9.35. The van der Waals surface area contributed by atoms with E-state index in [0.29, 0.717) is 16.9 Å². The lowest BCUT2D eigenvalue weighted by Gasteiger charge is -2.42. The van der Waals surface area contributed by atoms with E-state index >= 15 is 0 Å². The maximum absolute atomic E-state index is 12.1. The van der Waals surface area contributed by atoms with Crippen LogP contribution in [0.15, 0.2) is 11.8 Å². The topological polar surface area (TPSA) is 29.5 Å². The van der Waals surface area contributed by atoms with Crippen molar-refractivity contribution in [1.82, 2.24) is 4.90 Å². The van der Waals surface area contributed by atoms with Gasteiger partial charge < -0.3 is 9.64 Å². The van der Waals surface area contributed by atoms with Crippen LogP contribution in [-0.2, 0) is 9.53 Å². The average Bonchev–Trinajstić information content (AvgIpc) is 2.83. The number of rotatable bonds is 1. The van der Waals surface area contributed by atoms with E-state index in [-0.39, 0.29) is 11.6 Å². The predicted octanol–water partition coefficient (Wildman–Crippen LogP) is 4.03. The Balaban J connectivity index is 1.66. The zero-order valence-electron chi connectivity index (χ0n) is 14.3. The number of carbonyl (C=O) groups is 1. The van der Waals surface area contributed by atoms with Crippen LogP contribution in [0.25, 0.3) is 0 Å². The fourth-order valence-corrected chi connectivity index (χ4v) is 6.08. The first kappa shape index (κ1) is 14.6. The molecule has 2 bridgehead atoms. The Morgan fingerprint density at radius 1 is 1.14 bits per heavy atom. The number of esters is 1. The summed E-state index contributed by atoms with van der Waals surface area (Å²) in [7, 11) is 0. The van der Waals surface area contributed by atoms with E-state index in [1.54, 1.807) is 0 Å². The summed E-state index contributed by atoms with van der Waals surface area (Å²) in [6.07, 6.45) is 11.3. The summed E-state index contributed by atoms with van der Waals surface area (Å²) in [5, 5.41) is 0. The lowest BCUT2D eigenvalue weighted by Crippen LogP contribution is -2.44. The molecular formula is C19H29NO2. The largest absolute Gasteiger partial charge is 0.449 e. The van der Waals surface area contributed by atoms with E-state index < -0.39 is 0 Å². The smallest absolute Gasteiger partial charge is 0.333 e. The molecule has 2 aliphatic heterocycles. The lowest BCUT2D eigenvalue weighted by atomic mass is 9.65. The van der Waals surface area contributed by atoms with Crippen molar-refractivity contribution < 1.29 is 9.53 Å². The molecule has 3 nitrogen and oxygen atoms in total. The number of hydrogen-bond donors (Lipinski definition) is 0. The molecule has 2 saturated carbocycles. The molecule has 122 valence electrons. The number of carbonyl (C=O) groups excluding carboxylic acids is 1. The van der Waals surface area contributed by atoms with Gasteiger partial charge in [0.1, 0.15) is 0 Å². The average molecular weight is 303 g/mol.